The van der Waals surface area contributed by atoms with Crippen molar-refractivity contribution in [3.63, 3.8) is 0 Å². The van der Waals surface area contributed by atoms with Crippen molar-refractivity contribution >= 4 is 93.9 Å². The van der Waals surface area contributed by atoms with Gasteiger partial charge < -0.3 is 27.1 Å². The van der Waals surface area contributed by atoms with E-state index in [1.807, 2.05) is 0 Å². The van der Waals surface area contributed by atoms with Crippen LogP contribution in [0.2, 0.25) is 0 Å². The molecule has 0 unspecified atom stereocenters. The van der Waals surface area contributed by atoms with Gasteiger partial charge in [0.2, 0.25) is 0 Å². The van der Waals surface area contributed by atoms with E-state index in [0.29, 0.717) is 11.8 Å². The van der Waals surface area contributed by atoms with Gasteiger partial charge >= 0.3 is 25.9 Å². The molecule has 0 N–H and O–H groups in total. The first-order valence-electron chi connectivity index (χ1n) is 19.9. The molecule has 12 rings (SSSR count). The zero-order valence-electron chi connectivity index (χ0n) is 33.0. The first kappa shape index (κ1) is 36.8. The number of imidazole rings is 4. The Morgan fingerprint density at radius 1 is 0.379 bits per heavy atom. The van der Waals surface area contributed by atoms with Gasteiger partial charge in [-0.3, -0.25) is 18.3 Å². The number of nitrogens with zero attached hydrogens (tertiary/aromatic N) is 8. The first-order chi connectivity index (χ1) is 28.3. The van der Waals surface area contributed by atoms with E-state index in [4.69, 9.17) is 32.3 Å². The van der Waals surface area contributed by atoms with Gasteiger partial charge in [-0.15, -0.1) is 45.1 Å². The van der Waals surface area contributed by atoms with Gasteiger partial charge in [0.25, 0.3) is 0 Å². The molecule has 4 atom stereocenters. The highest BCUT2D eigenvalue weighted by atomic mass is 35.5. The molecule has 16 heteroatoms. The van der Waals surface area contributed by atoms with Gasteiger partial charge in [-0.1, -0.05) is 121 Å². The Balaban J connectivity index is 0.000000978. The van der Waals surface area contributed by atoms with Crippen molar-refractivity contribution in [3.05, 3.63) is 171 Å². The highest BCUT2D eigenvalue weighted by molar-refractivity contribution is 7.08. The smallest absolute Gasteiger partial charge is 0.407 e. The predicted molar refractivity (Wildman–Crippen MR) is 233 cm³/mol. The van der Waals surface area contributed by atoms with Crippen LogP contribution in [0, 0.1) is 0 Å². The van der Waals surface area contributed by atoms with Crippen molar-refractivity contribution < 1.29 is 27.1 Å². The fourth-order valence-electron chi connectivity index (χ4n) is 11.2. The first-order valence-corrected chi connectivity index (χ1v) is 21.0. The van der Waals surface area contributed by atoms with Gasteiger partial charge in [0.15, 0.2) is 0 Å². The van der Waals surface area contributed by atoms with Crippen molar-refractivity contribution in [3.8, 4) is 0 Å². The van der Waals surface area contributed by atoms with E-state index in [9.17, 15) is 0 Å². The van der Waals surface area contributed by atoms with E-state index in [0.717, 1.165) is 44.7 Å². The number of rotatable bonds is 5. The van der Waals surface area contributed by atoms with Crippen molar-refractivity contribution in [2.75, 3.05) is 11.8 Å². The monoisotopic (exact) mass is 806 g/mol. The Labute approximate surface area is 348 Å². The second-order valence-electron chi connectivity index (χ2n) is 16.0. The Morgan fingerprint density at radius 2 is 0.586 bits per heavy atom. The highest BCUT2D eigenvalue weighted by Crippen LogP contribution is 2.23. The van der Waals surface area contributed by atoms with Gasteiger partial charge in [-0.05, 0) is 0 Å². The lowest BCUT2D eigenvalue weighted by Crippen LogP contribution is -3.13. The van der Waals surface area contributed by atoms with Crippen LogP contribution >= 0.6 is 23.2 Å². The molecule has 0 aliphatic carbocycles. The van der Waals surface area contributed by atoms with Crippen molar-refractivity contribution in [1.29, 1.82) is 0 Å². The lowest BCUT2D eigenvalue weighted by molar-refractivity contribution is -0.619. The molecular formula is C42H44B4Cl2N8O2. The van der Waals surface area contributed by atoms with Gasteiger partial charge in [-0.2, -0.15) is 0 Å². The summed E-state index contributed by atoms with van der Waals surface area (Å²) in [6.07, 6.45) is 17.5. The summed E-state index contributed by atoms with van der Waals surface area (Å²) in [7, 11) is 8.57. The minimum atomic E-state index is -2.28. The standard InChI is InChI=1S/C40H40B4N8O2.C2H4Cl2/c1-45-25-29-49-37(45)41(33-17-9-5-10-18-33)50-30-26-46(2)38(50)42(49,34-19-11-6-12-20-34)54-44(36-23-15-8-16-24-36)40-48(4)27-31-51(40)43(53-41,35-21-13-7-14-22-35)39-47(3)28-32-52(39)44;3-1-2-4/h5-32H,1-4H3;1-2H2/t41-,42-,43-,44-;/m1./s1. The molecule has 4 aromatic heterocycles. The van der Waals surface area contributed by atoms with Crippen LogP contribution in [-0.4, -0.2) is 56.0 Å². The van der Waals surface area contributed by atoms with Crippen LogP contribution < -0.4 is 62.7 Å². The summed E-state index contributed by atoms with van der Waals surface area (Å²) in [5, 5.41) is 0. The highest BCUT2D eigenvalue weighted by Gasteiger charge is 2.69. The lowest BCUT2D eigenvalue weighted by Gasteiger charge is -2.63. The maximum atomic E-state index is 8.63. The predicted octanol–water partition coefficient (Wildman–Crippen LogP) is -1.55. The molecule has 0 spiro atoms. The molecule has 0 fully saturated rings. The normalized spacial score (nSPS) is 23.6. The maximum absolute atomic E-state index is 8.63. The number of fused-ring (bicyclic) bond motifs is 1. The molecule has 4 aliphatic heterocycles. The van der Waals surface area contributed by atoms with Crippen molar-refractivity contribution in [2.45, 2.75) is 0 Å². The number of hydrogen-bond donors (Lipinski definition) is 0. The van der Waals surface area contributed by atoms with E-state index in [1.165, 1.54) is 0 Å². The summed E-state index contributed by atoms with van der Waals surface area (Å²) in [5.74, 6) is 1.11. The molecule has 290 valence electrons. The van der Waals surface area contributed by atoms with Crippen LogP contribution in [0.4, 0.5) is 0 Å². The molecule has 0 amide bonds. The summed E-state index contributed by atoms with van der Waals surface area (Å²) < 4.78 is 36.0. The molecule has 8 aromatic rings. The number of halogens is 2. The average Bonchev–Trinajstić information content (AvgIpc) is 4.08. The Hall–Kier alpha value is -5.52. The topological polar surface area (TPSA) is 53.7 Å². The van der Waals surface area contributed by atoms with E-state index in [2.05, 4.69) is 235 Å². The zero-order valence-corrected chi connectivity index (χ0v) is 34.6. The number of alkyl halides is 2. The molecule has 4 aliphatic rings. The van der Waals surface area contributed by atoms with E-state index in [1.54, 1.807) is 0 Å². The largest absolute Gasteiger partial charge is 0.722 e. The molecule has 58 heavy (non-hydrogen) atoms. The average molecular weight is 807 g/mol. The Kier molecular flexibility index (Phi) is 8.58. The van der Waals surface area contributed by atoms with Gasteiger partial charge in [0, 0.05) is 11.8 Å². The van der Waals surface area contributed by atoms with Crippen molar-refractivity contribution in [1.82, 2.24) is 18.3 Å². The van der Waals surface area contributed by atoms with Gasteiger partial charge in [0.05, 0.1) is 53.0 Å². The van der Waals surface area contributed by atoms with Crippen LogP contribution in [-0.2, 0) is 37.3 Å². The fraction of sp³-hybridized carbons (Fsp3) is 0.143. The number of aromatic nitrogens is 8. The Bertz CT molecular complexity index is 2420. The van der Waals surface area contributed by atoms with Crippen LogP contribution in [0.3, 0.4) is 0 Å². The number of hydrogen-bond acceptors (Lipinski definition) is 2. The molecule has 4 aromatic carbocycles. The summed E-state index contributed by atoms with van der Waals surface area (Å²) in [4.78, 5) is 0. The quantitative estimate of drug-likeness (QED) is 0.157. The van der Waals surface area contributed by atoms with E-state index >= 15 is 0 Å². The van der Waals surface area contributed by atoms with E-state index < -0.39 is 25.9 Å². The third-order valence-electron chi connectivity index (χ3n) is 13.1. The number of benzene rings is 4. The van der Waals surface area contributed by atoms with Gasteiger partial charge in [0.1, 0.15) is 47.7 Å². The number of aryl methyl sites for hydroxylation is 4. The second-order valence-corrected chi connectivity index (χ2v) is 16.7. The summed E-state index contributed by atoms with van der Waals surface area (Å²) in [6, 6.07) is 43.1. The summed E-state index contributed by atoms with van der Waals surface area (Å²) in [5.41, 5.74) is 8.28. The molecule has 8 heterocycles. The second kappa shape index (κ2) is 13.5. The SMILES string of the molecule is ClCCCl.Cn1cc[n+]2c1[B@@-]1(c3ccccc3)O[B@-]3(c4ccccc4)c4n(C)cc[n+]4[B@-](c4ccccc4)(O[B@-]2(c2ccccc2)c2n(C)cc[n+]21)c1n(C)cc[n+]13. The van der Waals surface area contributed by atoms with E-state index in [-0.39, 0.29) is 0 Å². The lowest BCUT2D eigenvalue weighted by atomic mass is 9.27. The third-order valence-corrected chi connectivity index (χ3v) is 13.7. The van der Waals surface area contributed by atoms with Crippen molar-refractivity contribution in [2.24, 2.45) is 28.2 Å². The summed E-state index contributed by atoms with van der Waals surface area (Å²) in [6.45, 7) is -9.13. The minimum Gasteiger partial charge on any atom is -0.722 e. The molecule has 0 saturated carbocycles. The summed E-state index contributed by atoms with van der Waals surface area (Å²) >= 11 is 10.1. The van der Waals surface area contributed by atoms with Gasteiger partial charge in [-0.25, -0.2) is 0 Å². The molecule has 4 bridgehead atoms. The minimum absolute atomic E-state index is 0.557. The van der Waals surface area contributed by atoms with Crippen LogP contribution in [0.1, 0.15) is 0 Å². The maximum Gasteiger partial charge on any atom is 0.407 e. The molecule has 0 radical (unpaired) electrons. The zero-order chi connectivity index (χ0) is 39.9. The molecule has 10 nitrogen and oxygen atoms in total. The molecular weight excluding hydrogens is 763 g/mol. The Morgan fingerprint density at radius 3 is 0.776 bits per heavy atom. The van der Waals surface area contributed by atoms with Crippen LogP contribution in [0.15, 0.2) is 171 Å². The van der Waals surface area contributed by atoms with Crippen LogP contribution in [0.25, 0.3) is 0 Å². The fourth-order valence-corrected chi connectivity index (χ4v) is 11.2. The van der Waals surface area contributed by atoms with Crippen LogP contribution in [0.5, 0.6) is 0 Å². The molecule has 0 saturated heterocycles. The third kappa shape index (κ3) is 4.62.